The predicted octanol–water partition coefficient (Wildman–Crippen LogP) is 2.58. The van der Waals surface area contributed by atoms with Crippen LogP contribution in [-0.2, 0) is 17.8 Å². The van der Waals surface area contributed by atoms with Crippen LogP contribution in [0.4, 0.5) is 18.9 Å². The van der Waals surface area contributed by atoms with Gasteiger partial charge in [0.05, 0.1) is 5.92 Å². The van der Waals surface area contributed by atoms with Crippen LogP contribution < -0.4 is 10.6 Å². The minimum absolute atomic E-state index is 0. The van der Waals surface area contributed by atoms with Crippen LogP contribution in [0, 0.1) is 5.92 Å². The average Bonchev–Trinajstić information content (AvgIpc) is 3.13. The molecule has 3 rings (SSSR count). The van der Waals surface area contributed by atoms with E-state index in [4.69, 9.17) is 0 Å². The molecule has 0 aromatic heterocycles. The number of amides is 1. The van der Waals surface area contributed by atoms with Crippen molar-refractivity contribution >= 4 is 24.0 Å². The standard InChI is InChI=1S/C16H20F3N3O.ClH/c17-16(18,19)10-21-15(23)13-5-7-22(9-13)8-12-3-1-2-11-4-6-20-14(11)12;/h1-3,13,20H,4-10H2,(H,21,23);1H. The van der Waals surface area contributed by atoms with Crippen molar-refractivity contribution in [2.24, 2.45) is 5.92 Å². The lowest BCUT2D eigenvalue weighted by molar-refractivity contribution is -0.140. The van der Waals surface area contributed by atoms with Gasteiger partial charge in [-0.3, -0.25) is 9.69 Å². The van der Waals surface area contributed by atoms with E-state index in [9.17, 15) is 18.0 Å². The second-order valence-electron chi connectivity index (χ2n) is 6.18. The molecule has 1 amide bonds. The Kier molecular flexibility index (Phi) is 5.98. The van der Waals surface area contributed by atoms with Gasteiger partial charge in [0.25, 0.3) is 0 Å². The lowest BCUT2D eigenvalue weighted by Crippen LogP contribution is -2.38. The van der Waals surface area contributed by atoms with Gasteiger partial charge in [-0.25, -0.2) is 0 Å². The van der Waals surface area contributed by atoms with Gasteiger partial charge in [-0.2, -0.15) is 13.2 Å². The lowest BCUT2D eigenvalue weighted by Gasteiger charge is -2.18. The summed E-state index contributed by atoms with van der Waals surface area (Å²) < 4.78 is 36.5. The maximum Gasteiger partial charge on any atom is 0.405 e. The number of carbonyl (C=O) groups excluding carboxylic acids is 1. The molecule has 2 N–H and O–H groups in total. The largest absolute Gasteiger partial charge is 0.405 e. The quantitative estimate of drug-likeness (QED) is 0.864. The molecule has 1 unspecified atom stereocenters. The molecule has 134 valence electrons. The molecule has 0 radical (unpaired) electrons. The smallest absolute Gasteiger partial charge is 0.384 e. The number of para-hydroxylation sites is 1. The Morgan fingerprint density at radius 1 is 1.38 bits per heavy atom. The van der Waals surface area contributed by atoms with Crippen molar-refractivity contribution in [2.75, 3.05) is 31.5 Å². The van der Waals surface area contributed by atoms with E-state index in [1.165, 1.54) is 16.8 Å². The number of nitrogens with one attached hydrogen (secondary N) is 2. The number of hydrogen-bond donors (Lipinski definition) is 2. The molecule has 0 bridgehead atoms. The SMILES string of the molecule is Cl.O=C(NCC(F)(F)F)C1CCN(Cc2cccc3c2NCC3)C1. The number of alkyl halides is 3. The van der Waals surface area contributed by atoms with Gasteiger partial charge in [-0.05, 0) is 30.5 Å². The third-order valence-electron chi connectivity index (χ3n) is 4.43. The Morgan fingerprint density at radius 2 is 2.17 bits per heavy atom. The average molecular weight is 364 g/mol. The van der Waals surface area contributed by atoms with Crippen molar-refractivity contribution in [1.82, 2.24) is 10.2 Å². The van der Waals surface area contributed by atoms with Gasteiger partial charge in [0.2, 0.25) is 5.91 Å². The molecular formula is C16H21ClF3N3O. The summed E-state index contributed by atoms with van der Waals surface area (Å²) in [5.74, 6) is -0.858. The summed E-state index contributed by atoms with van der Waals surface area (Å²) in [6.45, 7) is 1.65. The topological polar surface area (TPSA) is 44.4 Å². The van der Waals surface area contributed by atoms with E-state index in [1.807, 2.05) is 11.4 Å². The van der Waals surface area contributed by atoms with E-state index in [-0.39, 0.29) is 18.3 Å². The van der Waals surface area contributed by atoms with Crippen LogP contribution in [0.1, 0.15) is 17.5 Å². The highest BCUT2D eigenvalue weighted by atomic mass is 35.5. The van der Waals surface area contributed by atoms with Gasteiger partial charge in [0, 0.05) is 25.3 Å². The number of anilines is 1. The summed E-state index contributed by atoms with van der Waals surface area (Å²) in [5, 5.41) is 5.37. The molecule has 0 saturated carbocycles. The Hall–Kier alpha value is -1.47. The highest BCUT2D eigenvalue weighted by molar-refractivity contribution is 5.85. The summed E-state index contributed by atoms with van der Waals surface area (Å²) in [4.78, 5) is 14.0. The zero-order valence-electron chi connectivity index (χ0n) is 13.2. The minimum atomic E-state index is -4.36. The summed E-state index contributed by atoms with van der Waals surface area (Å²) in [6.07, 6.45) is -2.73. The molecule has 2 aliphatic heterocycles. The second kappa shape index (κ2) is 7.61. The van der Waals surface area contributed by atoms with E-state index in [0.29, 0.717) is 13.0 Å². The van der Waals surface area contributed by atoms with E-state index in [1.54, 1.807) is 0 Å². The molecule has 2 heterocycles. The van der Waals surface area contributed by atoms with Crippen LogP contribution in [0.25, 0.3) is 0 Å². The highest BCUT2D eigenvalue weighted by Gasteiger charge is 2.32. The highest BCUT2D eigenvalue weighted by Crippen LogP contribution is 2.29. The fourth-order valence-corrected chi connectivity index (χ4v) is 3.31. The molecular weight excluding hydrogens is 343 g/mol. The molecule has 24 heavy (non-hydrogen) atoms. The molecule has 1 saturated heterocycles. The van der Waals surface area contributed by atoms with Gasteiger partial charge >= 0.3 is 6.18 Å². The molecule has 0 aliphatic carbocycles. The number of likely N-dealkylation sites (tertiary alicyclic amines) is 1. The van der Waals surface area contributed by atoms with Crippen molar-refractivity contribution in [3.63, 3.8) is 0 Å². The fourth-order valence-electron chi connectivity index (χ4n) is 3.31. The van der Waals surface area contributed by atoms with Gasteiger partial charge in [0.15, 0.2) is 0 Å². The molecule has 1 aromatic rings. The van der Waals surface area contributed by atoms with Crippen molar-refractivity contribution in [1.29, 1.82) is 0 Å². The van der Waals surface area contributed by atoms with Crippen molar-refractivity contribution < 1.29 is 18.0 Å². The number of carbonyl (C=O) groups is 1. The van der Waals surface area contributed by atoms with Gasteiger partial charge in [-0.15, -0.1) is 12.4 Å². The third-order valence-corrected chi connectivity index (χ3v) is 4.43. The van der Waals surface area contributed by atoms with Crippen LogP contribution in [0.15, 0.2) is 18.2 Å². The number of benzene rings is 1. The molecule has 1 fully saturated rings. The first kappa shape index (κ1) is 18.9. The van der Waals surface area contributed by atoms with Crippen LogP contribution >= 0.6 is 12.4 Å². The Labute approximate surface area is 145 Å². The van der Waals surface area contributed by atoms with Gasteiger partial charge in [-0.1, -0.05) is 18.2 Å². The molecule has 1 aromatic carbocycles. The van der Waals surface area contributed by atoms with E-state index < -0.39 is 18.6 Å². The second-order valence-corrected chi connectivity index (χ2v) is 6.18. The molecule has 1 atom stereocenters. The molecule has 2 aliphatic rings. The summed E-state index contributed by atoms with van der Waals surface area (Å²) in [5.41, 5.74) is 3.68. The Bertz CT molecular complexity index is 594. The normalized spacial score (nSPS) is 20.2. The third kappa shape index (κ3) is 4.54. The number of halogens is 4. The summed E-state index contributed by atoms with van der Waals surface area (Å²) in [7, 11) is 0. The number of nitrogens with zero attached hydrogens (tertiary/aromatic N) is 1. The first-order chi connectivity index (χ1) is 10.9. The van der Waals surface area contributed by atoms with Gasteiger partial charge in [0.1, 0.15) is 6.54 Å². The van der Waals surface area contributed by atoms with Crippen LogP contribution in [0.5, 0.6) is 0 Å². The maximum absolute atomic E-state index is 12.2. The Morgan fingerprint density at radius 3 is 2.92 bits per heavy atom. The molecule has 4 nitrogen and oxygen atoms in total. The van der Waals surface area contributed by atoms with Crippen LogP contribution in [-0.4, -0.2) is 43.2 Å². The van der Waals surface area contributed by atoms with E-state index >= 15 is 0 Å². The van der Waals surface area contributed by atoms with Crippen molar-refractivity contribution in [3.05, 3.63) is 29.3 Å². The predicted molar refractivity (Wildman–Crippen MR) is 88.3 cm³/mol. The van der Waals surface area contributed by atoms with E-state index in [0.717, 1.165) is 26.1 Å². The number of fused-ring (bicyclic) bond motifs is 1. The van der Waals surface area contributed by atoms with Crippen molar-refractivity contribution in [3.8, 4) is 0 Å². The van der Waals surface area contributed by atoms with Crippen LogP contribution in [0.2, 0.25) is 0 Å². The first-order valence-electron chi connectivity index (χ1n) is 7.84. The summed E-state index contributed by atoms with van der Waals surface area (Å²) in [6, 6.07) is 6.20. The van der Waals surface area contributed by atoms with Crippen molar-refractivity contribution in [2.45, 2.75) is 25.6 Å². The molecule has 8 heteroatoms. The number of hydrogen-bond acceptors (Lipinski definition) is 3. The number of rotatable bonds is 4. The van der Waals surface area contributed by atoms with E-state index in [2.05, 4.69) is 22.3 Å². The molecule has 0 spiro atoms. The van der Waals surface area contributed by atoms with Gasteiger partial charge < -0.3 is 10.6 Å². The Balaban J connectivity index is 0.00000208. The lowest BCUT2D eigenvalue weighted by atomic mass is 10.1. The summed E-state index contributed by atoms with van der Waals surface area (Å²) >= 11 is 0. The zero-order valence-corrected chi connectivity index (χ0v) is 14.0. The zero-order chi connectivity index (χ0) is 16.4. The maximum atomic E-state index is 12.2. The monoisotopic (exact) mass is 363 g/mol. The van der Waals surface area contributed by atoms with Crippen LogP contribution in [0.3, 0.4) is 0 Å². The first-order valence-corrected chi connectivity index (χ1v) is 7.84. The fraction of sp³-hybridized carbons (Fsp3) is 0.562. The minimum Gasteiger partial charge on any atom is -0.384 e.